The van der Waals surface area contributed by atoms with Crippen molar-refractivity contribution >= 4 is 29.0 Å². The Morgan fingerprint density at radius 2 is 2.00 bits per heavy atom. The van der Waals surface area contributed by atoms with E-state index >= 15 is 0 Å². The first-order valence-corrected chi connectivity index (χ1v) is 11.7. The Morgan fingerprint density at radius 1 is 1.14 bits per heavy atom. The third-order valence-corrected chi connectivity index (χ3v) is 5.96. The fourth-order valence-corrected chi connectivity index (χ4v) is 4.18. The number of nitrogens with one attached hydrogen (secondary N) is 3. The Morgan fingerprint density at radius 3 is 2.86 bits per heavy atom. The smallest absolute Gasteiger partial charge is 0.249 e. The molecule has 1 saturated heterocycles. The summed E-state index contributed by atoms with van der Waals surface area (Å²) in [7, 11) is 0. The largest absolute Gasteiger partial charge is 0.487 e. The third kappa shape index (κ3) is 5.36. The molecule has 0 spiro atoms. The summed E-state index contributed by atoms with van der Waals surface area (Å²) in [5.74, 6) is 0.377. The van der Waals surface area contributed by atoms with Crippen molar-refractivity contribution in [1.82, 2.24) is 20.2 Å². The molecule has 1 aromatic carbocycles. The number of halogens is 2. The van der Waals surface area contributed by atoms with Gasteiger partial charge in [0.25, 0.3) is 0 Å². The Bertz CT molecular complexity index is 1280. The maximum absolute atomic E-state index is 14.6. The Hall–Kier alpha value is -3.69. The lowest BCUT2D eigenvalue weighted by molar-refractivity contribution is -0.112. The average Bonchev–Trinajstić information content (AvgIpc) is 2.89. The molecule has 0 saturated carbocycles. The molecule has 35 heavy (non-hydrogen) atoms. The van der Waals surface area contributed by atoms with Crippen LogP contribution >= 0.6 is 11.6 Å². The van der Waals surface area contributed by atoms with Gasteiger partial charge in [-0.25, -0.2) is 9.37 Å². The molecule has 2 aromatic heterocycles. The van der Waals surface area contributed by atoms with Crippen molar-refractivity contribution in [1.29, 1.82) is 0 Å². The molecule has 2 aliphatic rings. The van der Waals surface area contributed by atoms with Crippen LogP contribution in [0.15, 0.2) is 55.0 Å². The number of aromatic nitrogens is 2. The van der Waals surface area contributed by atoms with Crippen LogP contribution in [0.25, 0.3) is 22.4 Å². The van der Waals surface area contributed by atoms with Crippen molar-refractivity contribution in [3.63, 3.8) is 0 Å². The highest BCUT2D eigenvalue weighted by Gasteiger charge is 2.21. The molecule has 1 fully saturated rings. The second-order valence-electron chi connectivity index (χ2n) is 8.19. The molecule has 0 aliphatic carbocycles. The van der Waals surface area contributed by atoms with Crippen LogP contribution in [-0.4, -0.2) is 60.1 Å². The number of hydrogen-bond acceptors (Lipinski definition) is 7. The molecule has 1 amide bonds. The minimum absolute atomic E-state index is 0.251. The quantitative estimate of drug-likeness (QED) is 0.465. The highest BCUT2D eigenvalue weighted by Crippen LogP contribution is 2.41. The van der Waals surface area contributed by atoms with Crippen LogP contribution in [0.3, 0.4) is 0 Å². The summed E-state index contributed by atoms with van der Waals surface area (Å²) in [6.45, 7) is 4.55. The lowest BCUT2D eigenvalue weighted by atomic mass is 10.0. The van der Waals surface area contributed by atoms with Crippen LogP contribution in [0.1, 0.15) is 0 Å². The van der Waals surface area contributed by atoms with Crippen molar-refractivity contribution < 1.29 is 13.9 Å². The molecule has 3 N–H and O–H groups in total. The van der Waals surface area contributed by atoms with E-state index in [-0.39, 0.29) is 11.5 Å². The Kier molecular flexibility index (Phi) is 6.78. The van der Waals surface area contributed by atoms with Gasteiger partial charge in [-0.15, -0.1) is 0 Å². The number of rotatable bonds is 5. The first kappa shape index (κ1) is 23.1. The van der Waals surface area contributed by atoms with Gasteiger partial charge in [0, 0.05) is 66.4 Å². The molecule has 0 radical (unpaired) electrons. The summed E-state index contributed by atoms with van der Waals surface area (Å²) in [5.41, 5.74) is 2.59. The monoisotopic (exact) mass is 494 g/mol. The summed E-state index contributed by atoms with van der Waals surface area (Å²) < 4.78 is 20.5. The van der Waals surface area contributed by atoms with Crippen LogP contribution in [0.2, 0.25) is 5.02 Å². The summed E-state index contributed by atoms with van der Waals surface area (Å²) in [4.78, 5) is 23.4. The van der Waals surface area contributed by atoms with Gasteiger partial charge in [0.2, 0.25) is 5.91 Å². The number of hydrogen-bond donors (Lipinski definition) is 3. The number of ether oxygens (including phenoxy) is 1. The van der Waals surface area contributed by atoms with Crippen molar-refractivity contribution in [3.8, 4) is 28.1 Å². The Labute approximate surface area is 207 Å². The minimum atomic E-state index is -0.431. The van der Waals surface area contributed by atoms with Gasteiger partial charge >= 0.3 is 0 Å². The van der Waals surface area contributed by atoms with Crippen LogP contribution in [0.5, 0.6) is 5.75 Å². The van der Waals surface area contributed by atoms with E-state index < -0.39 is 5.82 Å². The fraction of sp³-hybridized carbons (Fsp3) is 0.240. The summed E-state index contributed by atoms with van der Waals surface area (Å²) >= 11 is 6.11. The number of anilines is 2. The van der Waals surface area contributed by atoms with E-state index in [9.17, 15) is 9.18 Å². The third-order valence-electron chi connectivity index (χ3n) is 5.72. The maximum Gasteiger partial charge on any atom is 0.249 e. The predicted molar refractivity (Wildman–Crippen MR) is 134 cm³/mol. The molecule has 180 valence electrons. The Balaban J connectivity index is 1.45. The zero-order valence-corrected chi connectivity index (χ0v) is 19.6. The predicted octanol–water partition coefficient (Wildman–Crippen LogP) is 3.76. The molecule has 0 atom stereocenters. The topological polar surface area (TPSA) is 91.4 Å². The first-order chi connectivity index (χ1) is 17.1. The van der Waals surface area contributed by atoms with Gasteiger partial charge < -0.3 is 25.6 Å². The highest BCUT2D eigenvalue weighted by atomic mass is 35.5. The van der Waals surface area contributed by atoms with Crippen molar-refractivity contribution in [2.45, 2.75) is 0 Å². The molecule has 2 aliphatic heterocycles. The van der Waals surface area contributed by atoms with Crippen LogP contribution in [0.4, 0.5) is 15.9 Å². The number of nitrogens with zero attached hydrogens (tertiary/aromatic N) is 3. The van der Waals surface area contributed by atoms with E-state index in [4.69, 9.17) is 16.3 Å². The zero-order chi connectivity index (χ0) is 24.2. The van der Waals surface area contributed by atoms with Gasteiger partial charge in [0.05, 0.1) is 24.1 Å². The maximum atomic E-state index is 14.6. The normalized spacial score (nSPS) is 15.3. The minimum Gasteiger partial charge on any atom is -0.487 e. The lowest BCUT2D eigenvalue weighted by Crippen LogP contribution is -2.40. The second-order valence-corrected chi connectivity index (χ2v) is 8.62. The van der Waals surface area contributed by atoms with E-state index in [2.05, 4.69) is 30.8 Å². The van der Waals surface area contributed by atoms with E-state index in [0.717, 1.165) is 26.2 Å². The number of carbonyl (C=O) groups excluding carboxylic acids is 1. The van der Waals surface area contributed by atoms with E-state index in [1.807, 2.05) is 0 Å². The number of pyridine rings is 2. The van der Waals surface area contributed by atoms with Crippen molar-refractivity contribution in [2.75, 3.05) is 50.0 Å². The molecular weight excluding hydrogens is 471 g/mol. The molecule has 5 rings (SSSR count). The molecule has 0 bridgehead atoms. The van der Waals surface area contributed by atoms with Crippen molar-refractivity contribution in [2.24, 2.45) is 0 Å². The average molecular weight is 495 g/mol. The van der Waals surface area contributed by atoms with Gasteiger partial charge in [0.1, 0.15) is 12.4 Å². The highest BCUT2D eigenvalue weighted by molar-refractivity contribution is 6.30. The van der Waals surface area contributed by atoms with E-state index in [0.29, 0.717) is 52.2 Å². The molecule has 3 aromatic rings. The molecular formula is C25H24ClFN6O2. The van der Waals surface area contributed by atoms with Crippen molar-refractivity contribution in [3.05, 3.63) is 65.8 Å². The number of fused-ring (bicyclic) bond motifs is 1. The molecule has 8 nitrogen and oxygen atoms in total. The SMILES string of the molecule is O=C(C=CN1CCNCC1)Nc1cncc(-c2cc(-c3cc(Cl)ccc3F)nc3c2OCCN3)c1. The van der Waals surface area contributed by atoms with E-state index in [1.165, 1.54) is 18.2 Å². The van der Waals surface area contributed by atoms with Crippen LogP contribution < -0.4 is 20.7 Å². The first-order valence-electron chi connectivity index (χ1n) is 11.3. The zero-order valence-electron chi connectivity index (χ0n) is 18.9. The fourth-order valence-electron chi connectivity index (χ4n) is 4.01. The van der Waals surface area contributed by atoms with Crippen LogP contribution in [-0.2, 0) is 4.79 Å². The van der Waals surface area contributed by atoms with E-state index in [1.54, 1.807) is 36.8 Å². The molecule has 4 heterocycles. The van der Waals surface area contributed by atoms with Gasteiger partial charge in [-0.05, 0) is 30.3 Å². The number of carbonyl (C=O) groups is 1. The number of piperazine rings is 1. The van der Waals surface area contributed by atoms with Gasteiger partial charge in [-0.3, -0.25) is 9.78 Å². The van der Waals surface area contributed by atoms with Gasteiger partial charge in [-0.1, -0.05) is 11.6 Å². The van der Waals surface area contributed by atoms with Crippen LogP contribution in [0, 0.1) is 5.82 Å². The lowest BCUT2D eigenvalue weighted by Gasteiger charge is -2.25. The molecule has 0 unspecified atom stereocenters. The summed E-state index contributed by atoms with van der Waals surface area (Å²) in [6, 6.07) is 7.89. The summed E-state index contributed by atoms with van der Waals surface area (Å²) in [5, 5.41) is 9.75. The number of benzene rings is 1. The number of amides is 1. The van der Waals surface area contributed by atoms with Gasteiger partial charge in [-0.2, -0.15) is 0 Å². The summed E-state index contributed by atoms with van der Waals surface area (Å²) in [6.07, 6.45) is 6.56. The molecule has 10 heteroatoms. The second kappa shape index (κ2) is 10.3. The van der Waals surface area contributed by atoms with Gasteiger partial charge in [0.15, 0.2) is 11.6 Å². The standard InChI is InChI=1S/C25H24ClFN6O2/c26-17-1-2-21(27)20(12-17)22-13-19(24-25(32-22)30-6-10-35-24)16-11-18(15-29-14-16)31-23(34)3-7-33-8-4-28-5-9-33/h1-3,7,11-15,28H,4-6,8-10H2,(H,30,32)(H,31,34).